The van der Waals surface area contributed by atoms with E-state index in [9.17, 15) is 9.59 Å². The van der Waals surface area contributed by atoms with Crippen molar-refractivity contribution in [2.75, 3.05) is 26.1 Å². The second kappa shape index (κ2) is 12.8. The second-order valence-electron chi connectivity index (χ2n) is 10.2. The minimum Gasteiger partial charge on any atom is -0.495 e. The van der Waals surface area contributed by atoms with E-state index in [1.807, 2.05) is 44.4 Å². The standard InChI is InChI=1S/C29H39N5O5/c1-6-7-18(2)39-29(36)32-23-13-12-22(16-24(23)37-4)25-26-19(3)30-14-15-34(26)27(33-25)21-10-8-20(9-11-21)17-31-28(35)38-5/h12-16,18,20-21H,6-11,17H2,1-5H3,(H,31,35)(H,32,36). The molecule has 3 aromatic rings. The van der Waals surface area contributed by atoms with Crippen molar-refractivity contribution in [3.63, 3.8) is 0 Å². The van der Waals surface area contributed by atoms with Crippen LogP contribution in [0.4, 0.5) is 15.3 Å². The molecule has 0 bridgehead atoms. The molecule has 1 aromatic carbocycles. The van der Waals surface area contributed by atoms with E-state index in [-0.39, 0.29) is 12.2 Å². The number of carbonyl (C=O) groups excluding carboxylic acids is 2. The van der Waals surface area contributed by atoms with E-state index in [1.54, 1.807) is 7.11 Å². The normalized spacial score (nSPS) is 17.9. The van der Waals surface area contributed by atoms with Crippen molar-refractivity contribution < 1.29 is 23.8 Å². The number of methoxy groups -OCH3 is 2. The van der Waals surface area contributed by atoms with E-state index in [4.69, 9.17) is 19.2 Å². The maximum absolute atomic E-state index is 12.4. The van der Waals surface area contributed by atoms with Crippen LogP contribution in [0.5, 0.6) is 5.75 Å². The van der Waals surface area contributed by atoms with Gasteiger partial charge in [-0.05, 0) is 64.0 Å². The summed E-state index contributed by atoms with van der Waals surface area (Å²) in [4.78, 5) is 33.5. The molecule has 4 rings (SSSR count). The Bertz CT molecular complexity index is 1300. The van der Waals surface area contributed by atoms with E-state index < -0.39 is 6.09 Å². The molecule has 1 aliphatic carbocycles. The zero-order chi connectivity index (χ0) is 27.9. The van der Waals surface area contributed by atoms with Crippen molar-refractivity contribution in [2.45, 2.75) is 71.3 Å². The molecule has 0 radical (unpaired) electrons. The van der Waals surface area contributed by atoms with E-state index in [1.165, 1.54) is 7.11 Å². The zero-order valence-corrected chi connectivity index (χ0v) is 23.5. The van der Waals surface area contributed by atoms with Gasteiger partial charge in [0.05, 0.1) is 36.8 Å². The summed E-state index contributed by atoms with van der Waals surface area (Å²) in [5.74, 6) is 2.26. The molecule has 0 aliphatic heterocycles. The van der Waals surface area contributed by atoms with Crippen LogP contribution in [0.1, 0.15) is 69.8 Å². The smallest absolute Gasteiger partial charge is 0.412 e. The molecule has 10 nitrogen and oxygen atoms in total. The van der Waals surface area contributed by atoms with E-state index in [0.29, 0.717) is 29.8 Å². The Hall–Kier alpha value is -3.82. The Morgan fingerprint density at radius 2 is 1.92 bits per heavy atom. The van der Waals surface area contributed by atoms with Gasteiger partial charge in [-0.15, -0.1) is 0 Å². The number of nitrogens with zero attached hydrogens (tertiary/aromatic N) is 3. The van der Waals surface area contributed by atoms with E-state index in [0.717, 1.165) is 66.8 Å². The highest BCUT2D eigenvalue weighted by Crippen LogP contribution is 2.39. The summed E-state index contributed by atoms with van der Waals surface area (Å²) in [6.45, 7) is 6.55. The van der Waals surface area contributed by atoms with Crippen LogP contribution in [0, 0.1) is 12.8 Å². The first-order chi connectivity index (χ1) is 18.8. The Labute approximate surface area is 229 Å². The number of rotatable bonds is 9. The lowest BCUT2D eigenvalue weighted by Crippen LogP contribution is -2.31. The fourth-order valence-corrected chi connectivity index (χ4v) is 5.36. The molecule has 1 saturated carbocycles. The van der Waals surface area contributed by atoms with Crippen molar-refractivity contribution in [1.82, 2.24) is 19.7 Å². The van der Waals surface area contributed by atoms with Gasteiger partial charge in [0.2, 0.25) is 0 Å². The summed E-state index contributed by atoms with van der Waals surface area (Å²) in [5, 5.41) is 5.63. The van der Waals surface area contributed by atoms with Crippen LogP contribution in [0.15, 0.2) is 30.6 Å². The zero-order valence-electron chi connectivity index (χ0n) is 23.5. The number of ether oxygens (including phenoxy) is 3. The number of aryl methyl sites for hydroxylation is 1. The van der Waals surface area contributed by atoms with Crippen molar-refractivity contribution in [1.29, 1.82) is 0 Å². The molecule has 1 aliphatic rings. The molecule has 10 heteroatoms. The topological polar surface area (TPSA) is 116 Å². The fraction of sp³-hybridized carbons (Fsp3) is 0.517. The summed E-state index contributed by atoms with van der Waals surface area (Å²) in [6.07, 6.45) is 8.45. The lowest BCUT2D eigenvalue weighted by atomic mass is 9.81. The molecule has 1 unspecified atom stereocenters. The highest BCUT2D eigenvalue weighted by molar-refractivity contribution is 5.89. The summed E-state index contributed by atoms with van der Waals surface area (Å²) in [6, 6.07) is 5.64. The number of alkyl carbamates (subject to hydrolysis) is 1. The van der Waals surface area contributed by atoms with Crippen molar-refractivity contribution in [3.05, 3.63) is 42.1 Å². The molecule has 2 N–H and O–H groups in total. The van der Waals surface area contributed by atoms with E-state index >= 15 is 0 Å². The summed E-state index contributed by atoms with van der Waals surface area (Å²) < 4.78 is 17.9. The number of hydrogen-bond acceptors (Lipinski definition) is 7. The first-order valence-corrected chi connectivity index (χ1v) is 13.7. The quantitative estimate of drug-likeness (QED) is 0.340. The van der Waals surface area contributed by atoms with Gasteiger partial charge >= 0.3 is 12.2 Å². The number of carbonyl (C=O) groups is 2. The van der Waals surface area contributed by atoms with Crippen molar-refractivity contribution >= 4 is 23.4 Å². The summed E-state index contributed by atoms with van der Waals surface area (Å²) in [7, 11) is 2.96. The molecular weight excluding hydrogens is 498 g/mol. The molecule has 210 valence electrons. The molecule has 0 saturated heterocycles. The number of aromatic nitrogens is 3. The lowest BCUT2D eigenvalue weighted by Gasteiger charge is -2.27. The van der Waals surface area contributed by atoms with Crippen LogP contribution in [0.3, 0.4) is 0 Å². The Kier molecular flexibility index (Phi) is 9.27. The van der Waals surface area contributed by atoms with Gasteiger partial charge in [-0.1, -0.05) is 19.4 Å². The molecule has 1 atom stereocenters. The van der Waals surface area contributed by atoms with E-state index in [2.05, 4.69) is 26.9 Å². The first-order valence-electron chi connectivity index (χ1n) is 13.7. The number of imidazole rings is 1. The number of hydrogen-bond donors (Lipinski definition) is 2. The van der Waals surface area contributed by atoms with Crippen LogP contribution in [0.2, 0.25) is 0 Å². The Morgan fingerprint density at radius 3 is 2.62 bits per heavy atom. The average molecular weight is 538 g/mol. The largest absolute Gasteiger partial charge is 0.495 e. The Morgan fingerprint density at radius 1 is 1.15 bits per heavy atom. The van der Waals surface area contributed by atoms with Gasteiger partial charge in [0, 0.05) is 30.4 Å². The third-order valence-electron chi connectivity index (χ3n) is 7.41. The van der Waals surface area contributed by atoms with Gasteiger partial charge in [0.1, 0.15) is 17.7 Å². The highest BCUT2D eigenvalue weighted by atomic mass is 16.6. The molecule has 2 amide bonds. The van der Waals surface area contributed by atoms with Crippen molar-refractivity contribution in [3.8, 4) is 17.0 Å². The Balaban J connectivity index is 1.57. The highest BCUT2D eigenvalue weighted by Gasteiger charge is 2.28. The molecule has 2 heterocycles. The first kappa shape index (κ1) is 28.2. The maximum atomic E-state index is 12.4. The van der Waals surface area contributed by atoms with Gasteiger partial charge in [0.25, 0.3) is 0 Å². The molecular formula is C29H39N5O5. The van der Waals surface area contributed by atoms with Gasteiger partial charge in [-0.3, -0.25) is 14.7 Å². The third kappa shape index (κ3) is 6.61. The minimum atomic E-state index is -0.505. The number of nitrogens with one attached hydrogen (secondary N) is 2. The third-order valence-corrected chi connectivity index (χ3v) is 7.41. The van der Waals surface area contributed by atoms with Crippen LogP contribution in [0.25, 0.3) is 16.8 Å². The van der Waals surface area contributed by atoms with Gasteiger partial charge < -0.3 is 19.5 Å². The van der Waals surface area contributed by atoms with Gasteiger partial charge in [-0.25, -0.2) is 14.6 Å². The van der Waals surface area contributed by atoms with Crippen LogP contribution in [-0.2, 0) is 9.47 Å². The minimum absolute atomic E-state index is 0.162. The summed E-state index contributed by atoms with van der Waals surface area (Å²) >= 11 is 0. The number of fused-ring (bicyclic) bond motifs is 1. The number of anilines is 1. The van der Waals surface area contributed by atoms with Gasteiger partial charge in [-0.2, -0.15) is 0 Å². The maximum Gasteiger partial charge on any atom is 0.412 e. The lowest BCUT2D eigenvalue weighted by molar-refractivity contribution is 0.115. The van der Waals surface area contributed by atoms with Gasteiger partial charge in [0.15, 0.2) is 0 Å². The fourth-order valence-electron chi connectivity index (χ4n) is 5.36. The van der Waals surface area contributed by atoms with Crippen LogP contribution < -0.4 is 15.4 Å². The number of amides is 2. The summed E-state index contributed by atoms with van der Waals surface area (Å²) in [5.41, 5.74) is 4.08. The molecule has 39 heavy (non-hydrogen) atoms. The SMILES string of the molecule is CCCC(C)OC(=O)Nc1ccc(-c2nc(C3CCC(CNC(=O)OC)CC3)n3ccnc(C)c23)cc1OC. The molecule has 0 spiro atoms. The van der Waals surface area contributed by atoms with Crippen molar-refractivity contribution in [2.24, 2.45) is 5.92 Å². The number of benzene rings is 1. The average Bonchev–Trinajstić information content (AvgIpc) is 3.33. The van der Waals surface area contributed by atoms with Crippen LogP contribution in [-0.4, -0.2) is 53.4 Å². The second-order valence-corrected chi connectivity index (χ2v) is 10.2. The predicted octanol–water partition coefficient (Wildman–Crippen LogP) is 6.08. The monoisotopic (exact) mass is 537 g/mol. The van der Waals surface area contributed by atoms with Crippen LogP contribution >= 0.6 is 0 Å². The predicted molar refractivity (Wildman–Crippen MR) is 149 cm³/mol. The molecule has 2 aromatic heterocycles. The molecule has 1 fully saturated rings.